The molecule has 0 amide bonds. The van der Waals surface area contributed by atoms with E-state index in [4.69, 9.17) is 39.5 Å². The van der Waals surface area contributed by atoms with Gasteiger partial charge in [0.15, 0.2) is 5.41 Å². The molecule has 0 saturated carbocycles. The Labute approximate surface area is 138 Å². The Kier molecular flexibility index (Phi) is 4.82. The van der Waals surface area contributed by atoms with Gasteiger partial charge in [-0.1, -0.05) is 95.5 Å². The molecule has 0 bridgehead atoms. The first kappa shape index (κ1) is 16.2. The van der Waals surface area contributed by atoms with Crippen molar-refractivity contribution in [3.05, 3.63) is 71.8 Å². The van der Waals surface area contributed by atoms with Crippen LogP contribution in [0.25, 0.3) is 0 Å². The van der Waals surface area contributed by atoms with Gasteiger partial charge < -0.3 is 4.74 Å². The Morgan fingerprint density at radius 3 is 1.52 bits per heavy atom. The monoisotopic (exact) mass is 342 g/mol. The summed E-state index contributed by atoms with van der Waals surface area (Å²) in [5.41, 5.74) is -0.416. The topological polar surface area (TPSA) is 26.3 Å². The van der Waals surface area contributed by atoms with Crippen molar-refractivity contribution >= 4 is 40.8 Å². The molecule has 21 heavy (non-hydrogen) atoms. The van der Waals surface area contributed by atoms with E-state index in [0.717, 1.165) is 0 Å². The number of hydrogen-bond acceptors (Lipinski definition) is 2. The van der Waals surface area contributed by atoms with E-state index in [1.807, 2.05) is 12.1 Å². The van der Waals surface area contributed by atoms with Crippen molar-refractivity contribution in [1.29, 1.82) is 0 Å². The SMILES string of the molecule is COC(=O)C(c1ccccc1)(c1ccccc1)C(Cl)(Cl)Cl. The fourth-order valence-corrected chi connectivity index (χ4v) is 3.26. The minimum Gasteiger partial charge on any atom is -0.468 e. The van der Waals surface area contributed by atoms with Crippen molar-refractivity contribution in [2.75, 3.05) is 7.11 Å². The van der Waals surface area contributed by atoms with Crippen molar-refractivity contribution in [1.82, 2.24) is 0 Å². The first-order valence-corrected chi connectivity index (χ1v) is 7.34. The summed E-state index contributed by atoms with van der Waals surface area (Å²) in [7, 11) is 1.28. The predicted octanol–water partition coefficient (Wildman–Crippen LogP) is 4.52. The van der Waals surface area contributed by atoms with E-state index in [1.54, 1.807) is 48.5 Å². The lowest BCUT2D eigenvalue weighted by atomic mass is 9.75. The Balaban J connectivity index is 2.82. The Morgan fingerprint density at radius 2 is 1.24 bits per heavy atom. The Bertz CT molecular complexity index is 567. The second kappa shape index (κ2) is 6.27. The third-order valence-electron chi connectivity index (χ3n) is 3.33. The first-order chi connectivity index (χ1) is 9.94. The third kappa shape index (κ3) is 2.76. The number of carbonyl (C=O) groups excluding carboxylic acids is 1. The van der Waals surface area contributed by atoms with Gasteiger partial charge >= 0.3 is 5.97 Å². The summed E-state index contributed by atoms with van der Waals surface area (Å²) in [6.45, 7) is 0. The van der Waals surface area contributed by atoms with Crippen LogP contribution >= 0.6 is 34.8 Å². The molecular weight excluding hydrogens is 331 g/mol. The van der Waals surface area contributed by atoms with E-state index >= 15 is 0 Å². The predicted molar refractivity (Wildman–Crippen MR) is 86.0 cm³/mol. The fourth-order valence-electron chi connectivity index (χ4n) is 2.37. The maximum atomic E-state index is 12.6. The molecule has 2 aromatic rings. The highest BCUT2D eigenvalue weighted by atomic mass is 35.6. The molecule has 2 rings (SSSR count). The second-order valence-electron chi connectivity index (χ2n) is 4.47. The summed E-state index contributed by atoms with van der Waals surface area (Å²) < 4.78 is 3.04. The lowest BCUT2D eigenvalue weighted by Gasteiger charge is -2.37. The van der Waals surface area contributed by atoms with Crippen LogP contribution in [0.15, 0.2) is 60.7 Å². The minimum atomic E-state index is -1.91. The van der Waals surface area contributed by atoms with E-state index < -0.39 is 15.2 Å². The number of methoxy groups -OCH3 is 1. The van der Waals surface area contributed by atoms with Crippen LogP contribution in [0.4, 0.5) is 0 Å². The summed E-state index contributed by atoms with van der Waals surface area (Å²) in [6.07, 6.45) is 0. The number of rotatable bonds is 3. The number of ether oxygens (including phenoxy) is 1. The highest BCUT2D eigenvalue weighted by molar-refractivity contribution is 6.69. The van der Waals surface area contributed by atoms with Crippen LogP contribution in [0.1, 0.15) is 11.1 Å². The summed E-state index contributed by atoms with van der Waals surface area (Å²) >= 11 is 18.7. The number of alkyl halides is 3. The van der Waals surface area contributed by atoms with Crippen LogP contribution < -0.4 is 0 Å². The molecule has 0 fully saturated rings. The summed E-state index contributed by atoms with van der Waals surface area (Å²) in [6, 6.07) is 17.8. The molecule has 0 aliphatic rings. The van der Waals surface area contributed by atoms with Crippen LogP contribution in [0, 0.1) is 0 Å². The van der Waals surface area contributed by atoms with Gasteiger partial charge in [-0.05, 0) is 11.1 Å². The van der Waals surface area contributed by atoms with Gasteiger partial charge in [0, 0.05) is 0 Å². The molecule has 0 aliphatic carbocycles. The summed E-state index contributed by atoms with van der Waals surface area (Å²) in [5, 5.41) is 0. The van der Waals surface area contributed by atoms with Crippen LogP contribution in [-0.2, 0) is 14.9 Å². The molecule has 0 unspecified atom stereocenters. The van der Waals surface area contributed by atoms with Crippen molar-refractivity contribution in [2.24, 2.45) is 0 Å². The molecule has 2 aromatic carbocycles. The Morgan fingerprint density at radius 1 is 0.857 bits per heavy atom. The van der Waals surface area contributed by atoms with Gasteiger partial charge in [-0.25, -0.2) is 0 Å². The standard InChI is InChI=1S/C16H13Cl3O2/c1-21-14(20)15(16(17,18)19,12-8-4-2-5-9-12)13-10-6-3-7-11-13/h2-11H,1H3. The molecule has 2 nitrogen and oxygen atoms in total. The zero-order chi connectivity index (χ0) is 15.5. The number of benzene rings is 2. The highest BCUT2D eigenvalue weighted by Gasteiger charge is 2.58. The lowest BCUT2D eigenvalue weighted by molar-refractivity contribution is -0.145. The maximum Gasteiger partial charge on any atom is 0.325 e. The quantitative estimate of drug-likeness (QED) is 0.605. The van der Waals surface area contributed by atoms with Crippen LogP contribution in [0.5, 0.6) is 0 Å². The third-order valence-corrected chi connectivity index (χ3v) is 4.18. The van der Waals surface area contributed by atoms with Gasteiger partial charge in [-0.15, -0.1) is 0 Å². The molecule has 0 atom stereocenters. The zero-order valence-electron chi connectivity index (χ0n) is 11.2. The van der Waals surface area contributed by atoms with Crippen LogP contribution in [0.3, 0.4) is 0 Å². The largest absolute Gasteiger partial charge is 0.468 e. The summed E-state index contributed by atoms with van der Waals surface area (Å²) in [5.74, 6) is -0.625. The van der Waals surface area contributed by atoms with E-state index in [0.29, 0.717) is 11.1 Å². The minimum absolute atomic E-state index is 0.558. The van der Waals surface area contributed by atoms with E-state index in [1.165, 1.54) is 7.11 Å². The van der Waals surface area contributed by atoms with Crippen molar-refractivity contribution < 1.29 is 9.53 Å². The van der Waals surface area contributed by atoms with Crippen molar-refractivity contribution in [3.63, 3.8) is 0 Å². The van der Waals surface area contributed by atoms with Gasteiger partial charge in [-0.2, -0.15) is 0 Å². The smallest absolute Gasteiger partial charge is 0.325 e. The van der Waals surface area contributed by atoms with Gasteiger partial charge in [0.1, 0.15) is 0 Å². The molecule has 0 spiro atoms. The lowest BCUT2D eigenvalue weighted by Crippen LogP contribution is -2.49. The number of halogens is 3. The van der Waals surface area contributed by atoms with E-state index in [-0.39, 0.29) is 0 Å². The molecule has 0 heterocycles. The van der Waals surface area contributed by atoms with Gasteiger partial charge in [0.05, 0.1) is 7.11 Å². The molecule has 0 N–H and O–H groups in total. The highest BCUT2D eigenvalue weighted by Crippen LogP contribution is 2.51. The molecule has 5 heteroatoms. The number of carbonyl (C=O) groups is 1. The van der Waals surface area contributed by atoms with E-state index in [9.17, 15) is 4.79 Å². The number of esters is 1. The Hall–Kier alpha value is -1.22. The second-order valence-corrected chi connectivity index (χ2v) is 6.75. The van der Waals surface area contributed by atoms with Crippen LogP contribution in [-0.4, -0.2) is 16.9 Å². The fraction of sp³-hybridized carbons (Fsp3) is 0.188. The zero-order valence-corrected chi connectivity index (χ0v) is 13.5. The average molecular weight is 344 g/mol. The molecule has 0 radical (unpaired) electrons. The maximum absolute atomic E-state index is 12.6. The average Bonchev–Trinajstić information content (AvgIpc) is 2.48. The summed E-state index contributed by atoms with van der Waals surface area (Å²) in [4.78, 5) is 12.6. The van der Waals surface area contributed by atoms with Gasteiger partial charge in [-0.3, -0.25) is 4.79 Å². The van der Waals surface area contributed by atoms with Crippen molar-refractivity contribution in [3.8, 4) is 0 Å². The normalized spacial score (nSPS) is 12.0. The molecular formula is C16H13Cl3O2. The number of hydrogen-bond donors (Lipinski definition) is 0. The van der Waals surface area contributed by atoms with Gasteiger partial charge in [0.25, 0.3) is 0 Å². The molecule has 0 saturated heterocycles. The first-order valence-electron chi connectivity index (χ1n) is 6.20. The van der Waals surface area contributed by atoms with Crippen molar-refractivity contribution in [2.45, 2.75) is 9.21 Å². The molecule has 0 aliphatic heterocycles. The molecule has 110 valence electrons. The van der Waals surface area contributed by atoms with E-state index in [2.05, 4.69) is 0 Å². The van der Waals surface area contributed by atoms with Gasteiger partial charge in [0.2, 0.25) is 3.79 Å². The molecule has 0 aromatic heterocycles. The van der Waals surface area contributed by atoms with Crippen LogP contribution in [0.2, 0.25) is 0 Å².